The number of hydrogen-bond acceptors (Lipinski definition) is 5. The van der Waals surface area contributed by atoms with Crippen LogP contribution in [0.15, 0.2) is 29.2 Å². The van der Waals surface area contributed by atoms with Crippen LogP contribution >= 0.6 is 11.6 Å². The van der Waals surface area contributed by atoms with E-state index in [1.807, 2.05) is 0 Å². The number of piperazine rings is 1. The molecule has 10 heteroatoms. The molecule has 2 aliphatic rings. The molecule has 1 aromatic rings. The highest BCUT2D eigenvalue weighted by Gasteiger charge is 2.33. The van der Waals surface area contributed by atoms with Gasteiger partial charge in [-0.05, 0) is 30.5 Å². The highest BCUT2D eigenvalue weighted by Crippen LogP contribution is 2.24. The number of carbonyl (C=O) groups excluding carboxylic acids is 1. The standard InChI is InChI=1S/C16H21ClN2O5S2/c17-14-2-1-3-15(11-14)26(23,24)19-7-5-18(6-8-19)16(20)10-13-4-9-25(21,22)12-13/h1-3,11,13H,4-10,12H2/t13-/m0/s1. The lowest BCUT2D eigenvalue weighted by Crippen LogP contribution is -2.50. The van der Waals surface area contributed by atoms with Gasteiger partial charge in [0.15, 0.2) is 9.84 Å². The summed E-state index contributed by atoms with van der Waals surface area (Å²) in [4.78, 5) is 14.1. The predicted octanol–water partition coefficient (Wildman–Crippen LogP) is 0.998. The number of carbonyl (C=O) groups is 1. The summed E-state index contributed by atoms with van der Waals surface area (Å²) in [6.07, 6.45) is 0.734. The fourth-order valence-electron chi connectivity index (χ4n) is 3.36. The lowest BCUT2D eigenvalue weighted by molar-refractivity contribution is -0.133. The van der Waals surface area contributed by atoms with Gasteiger partial charge < -0.3 is 4.90 Å². The molecular weight excluding hydrogens is 400 g/mol. The molecule has 26 heavy (non-hydrogen) atoms. The van der Waals surface area contributed by atoms with E-state index in [1.54, 1.807) is 17.0 Å². The topological polar surface area (TPSA) is 91.8 Å². The van der Waals surface area contributed by atoms with Gasteiger partial charge in [0.25, 0.3) is 0 Å². The first-order valence-electron chi connectivity index (χ1n) is 8.41. The molecule has 3 rings (SSSR count). The molecule has 1 aromatic carbocycles. The second kappa shape index (κ2) is 7.46. The SMILES string of the molecule is O=C(C[C@@H]1CCS(=O)(=O)C1)N1CCN(S(=O)(=O)c2cccc(Cl)c2)CC1. The van der Waals surface area contributed by atoms with Gasteiger partial charge in [-0.2, -0.15) is 4.31 Å². The third-order valence-corrected chi connectivity index (χ3v) is 8.78. The zero-order chi connectivity index (χ0) is 18.9. The molecule has 2 heterocycles. The number of benzene rings is 1. The fraction of sp³-hybridized carbons (Fsp3) is 0.562. The van der Waals surface area contributed by atoms with Crippen LogP contribution in [0.25, 0.3) is 0 Å². The maximum Gasteiger partial charge on any atom is 0.243 e. The van der Waals surface area contributed by atoms with Crippen LogP contribution in [0, 0.1) is 5.92 Å². The minimum atomic E-state index is -3.64. The number of sulfonamides is 1. The Morgan fingerprint density at radius 3 is 2.46 bits per heavy atom. The molecule has 2 aliphatic heterocycles. The van der Waals surface area contributed by atoms with Crippen LogP contribution in [-0.4, -0.2) is 69.6 Å². The van der Waals surface area contributed by atoms with Crippen molar-refractivity contribution in [1.82, 2.24) is 9.21 Å². The van der Waals surface area contributed by atoms with E-state index in [1.165, 1.54) is 16.4 Å². The monoisotopic (exact) mass is 420 g/mol. The molecule has 144 valence electrons. The Morgan fingerprint density at radius 2 is 1.88 bits per heavy atom. The Labute approximate surface area is 158 Å². The van der Waals surface area contributed by atoms with Crippen LogP contribution in [0.1, 0.15) is 12.8 Å². The number of rotatable bonds is 4. The van der Waals surface area contributed by atoms with E-state index in [-0.39, 0.29) is 47.7 Å². The van der Waals surface area contributed by atoms with Gasteiger partial charge in [-0.1, -0.05) is 17.7 Å². The van der Waals surface area contributed by atoms with E-state index in [0.29, 0.717) is 24.5 Å². The van der Waals surface area contributed by atoms with Crippen molar-refractivity contribution in [2.45, 2.75) is 17.7 Å². The molecular formula is C16H21ClN2O5S2. The Balaban J connectivity index is 1.58. The van der Waals surface area contributed by atoms with Gasteiger partial charge in [0.2, 0.25) is 15.9 Å². The van der Waals surface area contributed by atoms with E-state index in [0.717, 1.165) is 0 Å². The summed E-state index contributed by atoms with van der Waals surface area (Å²) >= 11 is 5.88. The van der Waals surface area contributed by atoms with Crippen molar-refractivity contribution < 1.29 is 21.6 Å². The zero-order valence-corrected chi connectivity index (χ0v) is 16.6. The fourth-order valence-corrected chi connectivity index (χ4v) is 6.95. The average Bonchev–Trinajstić information content (AvgIpc) is 2.93. The van der Waals surface area contributed by atoms with E-state index < -0.39 is 19.9 Å². The lowest BCUT2D eigenvalue weighted by Gasteiger charge is -2.34. The van der Waals surface area contributed by atoms with Gasteiger partial charge in [-0.15, -0.1) is 0 Å². The van der Waals surface area contributed by atoms with Gasteiger partial charge >= 0.3 is 0 Å². The third kappa shape index (κ3) is 4.39. The van der Waals surface area contributed by atoms with Crippen LogP contribution < -0.4 is 0 Å². The summed E-state index contributed by atoms with van der Waals surface area (Å²) in [7, 11) is -6.64. The first-order chi connectivity index (χ1) is 12.2. The highest BCUT2D eigenvalue weighted by molar-refractivity contribution is 7.91. The van der Waals surface area contributed by atoms with Crippen LogP contribution in [-0.2, 0) is 24.7 Å². The normalized spacial score (nSPS) is 23.9. The van der Waals surface area contributed by atoms with Crippen LogP contribution in [0.3, 0.4) is 0 Å². The largest absolute Gasteiger partial charge is 0.340 e. The maximum absolute atomic E-state index is 12.7. The molecule has 1 atom stereocenters. The second-order valence-corrected chi connectivity index (χ2v) is 11.3. The van der Waals surface area contributed by atoms with E-state index in [9.17, 15) is 21.6 Å². The minimum absolute atomic E-state index is 0.0713. The quantitative estimate of drug-likeness (QED) is 0.724. The number of nitrogens with zero attached hydrogens (tertiary/aromatic N) is 2. The Kier molecular flexibility index (Phi) is 5.62. The summed E-state index contributed by atoms with van der Waals surface area (Å²) in [5.74, 6) is -0.00836. The van der Waals surface area contributed by atoms with E-state index >= 15 is 0 Å². The molecule has 0 aliphatic carbocycles. The first-order valence-corrected chi connectivity index (χ1v) is 12.1. The number of halogens is 1. The molecule has 0 bridgehead atoms. The summed E-state index contributed by atoms with van der Waals surface area (Å²) in [5, 5.41) is 0.353. The zero-order valence-electron chi connectivity index (χ0n) is 14.2. The molecule has 2 saturated heterocycles. The van der Waals surface area contributed by atoms with Crippen LogP contribution in [0.5, 0.6) is 0 Å². The van der Waals surface area contributed by atoms with Gasteiger partial charge in [-0.3, -0.25) is 4.79 Å². The van der Waals surface area contributed by atoms with Gasteiger partial charge in [0.1, 0.15) is 0 Å². The predicted molar refractivity (Wildman–Crippen MR) is 98.2 cm³/mol. The molecule has 0 aromatic heterocycles. The van der Waals surface area contributed by atoms with Crippen LogP contribution in [0.2, 0.25) is 5.02 Å². The minimum Gasteiger partial charge on any atom is -0.340 e. The summed E-state index contributed by atoms with van der Waals surface area (Å²) in [6, 6.07) is 6.11. The third-order valence-electron chi connectivity index (χ3n) is 4.82. The van der Waals surface area contributed by atoms with Crippen molar-refractivity contribution >= 4 is 37.4 Å². The molecule has 0 spiro atoms. The van der Waals surface area contributed by atoms with Crippen molar-refractivity contribution in [3.05, 3.63) is 29.3 Å². The molecule has 0 radical (unpaired) electrons. The van der Waals surface area contributed by atoms with Crippen molar-refractivity contribution in [3.8, 4) is 0 Å². The number of hydrogen-bond donors (Lipinski definition) is 0. The van der Waals surface area contributed by atoms with Gasteiger partial charge in [-0.25, -0.2) is 16.8 Å². The molecule has 2 fully saturated rings. The Hall–Kier alpha value is -1.16. The van der Waals surface area contributed by atoms with Gasteiger partial charge in [0.05, 0.1) is 16.4 Å². The van der Waals surface area contributed by atoms with Crippen molar-refractivity contribution in [2.75, 3.05) is 37.7 Å². The Morgan fingerprint density at radius 1 is 1.19 bits per heavy atom. The van der Waals surface area contributed by atoms with E-state index in [4.69, 9.17) is 11.6 Å². The molecule has 0 N–H and O–H groups in total. The van der Waals surface area contributed by atoms with Crippen molar-refractivity contribution in [1.29, 1.82) is 0 Å². The summed E-state index contributed by atoms with van der Waals surface area (Å²) in [5.41, 5.74) is 0. The molecule has 1 amide bonds. The average molecular weight is 421 g/mol. The molecule has 0 unspecified atom stereocenters. The first kappa shape index (κ1) is 19.6. The number of sulfone groups is 1. The van der Waals surface area contributed by atoms with E-state index in [2.05, 4.69) is 0 Å². The maximum atomic E-state index is 12.7. The molecule has 7 nitrogen and oxygen atoms in total. The number of amides is 1. The highest BCUT2D eigenvalue weighted by atomic mass is 35.5. The second-order valence-electron chi connectivity index (χ2n) is 6.72. The summed E-state index contributed by atoms with van der Waals surface area (Å²) < 4.78 is 49.7. The lowest BCUT2D eigenvalue weighted by atomic mass is 10.0. The van der Waals surface area contributed by atoms with Crippen molar-refractivity contribution in [3.63, 3.8) is 0 Å². The summed E-state index contributed by atoms with van der Waals surface area (Å²) in [6.45, 7) is 1.03. The van der Waals surface area contributed by atoms with Gasteiger partial charge in [0, 0.05) is 37.6 Å². The van der Waals surface area contributed by atoms with Crippen molar-refractivity contribution in [2.24, 2.45) is 5.92 Å². The van der Waals surface area contributed by atoms with Crippen LogP contribution in [0.4, 0.5) is 0 Å². The smallest absolute Gasteiger partial charge is 0.243 e. The molecule has 0 saturated carbocycles. The Bertz CT molecular complexity index is 893.